The SMILES string of the molecule is O=C(c1ccc(F)cc1)N1CCC(C(=O)N2CCC(c3nc4ccccc4s3)CC2)CC1. The summed E-state index contributed by atoms with van der Waals surface area (Å²) in [5.74, 6) is 0.185. The Morgan fingerprint density at radius 1 is 0.875 bits per heavy atom. The van der Waals surface area contributed by atoms with Crippen molar-refractivity contribution in [3.8, 4) is 0 Å². The summed E-state index contributed by atoms with van der Waals surface area (Å²) in [4.78, 5) is 34.3. The van der Waals surface area contributed by atoms with Crippen LogP contribution in [0, 0.1) is 11.7 Å². The topological polar surface area (TPSA) is 53.5 Å². The summed E-state index contributed by atoms with van der Waals surface area (Å²) in [7, 11) is 0. The molecule has 2 aromatic carbocycles. The molecule has 0 aliphatic carbocycles. The van der Waals surface area contributed by atoms with E-state index in [4.69, 9.17) is 4.98 Å². The molecular weight excluding hydrogens is 425 g/mol. The standard InChI is InChI=1S/C25H26FN3O2S/c26-20-7-5-18(6-8-20)24(30)29-15-11-19(12-16-29)25(31)28-13-9-17(10-14-28)23-27-21-3-1-2-4-22(21)32-23/h1-8,17,19H,9-16H2. The maximum atomic E-state index is 13.1. The number of para-hydroxylation sites is 1. The predicted molar refractivity (Wildman–Crippen MR) is 123 cm³/mol. The summed E-state index contributed by atoms with van der Waals surface area (Å²) in [5, 5.41) is 1.19. The summed E-state index contributed by atoms with van der Waals surface area (Å²) in [5.41, 5.74) is 1.56. The molecule has 2 saturated heterocycles. The van der Waals surface area contributed by atoms with Crippen LogP contribution in [-0.4, -0.2) is 52.8 Å². The van der Waals surface area contributed by atoms with E-state index in [1.54, 1.807) is 16.2 Å². The highest BCUT2D eigenvalue weighted by atomic mass is 32.1. The average molecular weight is 452 g/mol. The van der Waals surface area contributed by atoms with E-state index < -0.39 is 0 Å². The highest BCUT2D eigenvalue weighted by Gasteiger charge is 2.33. The minimum Gasteiger partial charge on any atom is -0.342 e. The number of aromatic nitrogens is 1. The van der Waals surface area contributed by atoms with E-state index in [0.29, 0.717) is 37.4 Å². The van der Waals surface area contributed by atoms with Gasteiger partial charge in [-0.1, -0.05) is 12.1 Å². The van der Waals surface area contributed by atoms with E-state index >= 15 is 0 Å². The first-order chi connectivity index (χ1) is 15.6. The molecule has 166 valence electrons. The molecule has 5 nitrogen and oxygen atoms in total. The Kier molecular flexibility index (Phi) is 5.91. The number of likely N-dealkylation sites (tertiary alicyclic amines) is 2. The number of carbonyl (C=O) groups excluding carboxylic acids is 2. The van der Waals surface area contributed by atoms with Gasteiger partial charge in [-0.15, -0.1) is 11.3 Å². The number of hydrogen-bond acceptors (Lipinski definition) is 4. The van der Waals surface area contributed by atoms with E-state index in [0.717, 1.165) is 31.4 Å². The second-order valence-corrected chi connectivity index (χ2v) is 9.75. The van der Waals surface area contributed by atoms with Crippen LogP contribution in [0.1, 0.15) is 47.0 Å². The lowest BCUT2D eigenvalue weighted by atomic mass is 9.92. The summed E-state index contributed by atoms with van der Waals surface area (Å²) >= 11 is 1.77. The van der Waals surface area contributed by atoms with Crippen molar-refractivity contribution in [3.05, 3.63) is 64.9 Å². The molecular formula is C25H26FN3O2S. The highest BCUT2D eigenvalue weighted by molar-refractivity contribution is 7.18. The van der Waals surface area contributed by atoms with E-state index in [1.807, 2.05) is 17.0 Å². The van der Waals surface area contributed by atoms with Crippen LogP contribution >= 0.6 is 11.3 Å². The van der Waals surface area contributed by atoms with Crippen molar-refractivity contribution >= 4 is 33.4 Å². The predicted octanol–water partition coefficient (Wildman–Crippen LogP) is 4.69. The van der Waals surface area contributed by atoms with Gasteiger partial charge in [-0.05, 0) is 62.1 Å². The molecule has 0 saturated carbocycles. The van der Waals surface area contributed by atoms with Crippen molar-refractivity contribution in [1.29, 1.82) is 0 Å². The second-order valence-electron chi connectivity index (χ2n) is 8.69. The fraction of sp³-hybridized carbons (Fsp3) is 0.400. The van der Waals surface area contributed by atoms with E-state index in [-0.39, 0.29) is 23.5 Å². The summed E-state index contributed by atoms with van der Waals surface area (Å²) in [6.07, 6.45) is 3.27. The van der Waals surface area contributed by atoms with Crippen LogP contribution in [0.15, 0.2) is 48.5 Å². The maximum Gasteiger partial charge on any atom is 0.253 e. The van der Waals surface area contributed by atoms with Gasteiger partial charge in [-0.2, -0.15) is 0 Å². The number of rotatable bonds is 3. The van der Waals surface area contributed by atoms with Gasteiger partial charge in [0, 0.05) is 43.6 Å². The Bertz CT molecular complexity index is 1080. The molecule has 0 atom stereocenters. The molecule has 2 fully saturated rings. The number of hydrogen-bond donors (Lipinski definition) is 0. The van der Waals surface area contributed by atoms with Crippen LogP contribution in [-0.2, 0) is 4.79 Å². The number of nitrogens with zero attached hydrogens (tertiary/aromatic N) is 3. The van der Waals surface area contributed by atoms with Gasteiger partial charge in [-0.25, -0.2) is 9.37 Å². The van der Waals surface area contributed by atoms with Gasteiger partial charge >= 0.3 is 0 Å². The van der Waals surface area contributed by atoms with E-state index in [2.05, 4.69) is 12.1 Å². The molecule has 1 aromatic heterocycles. The lowest BCUT2D eigenvalue weighted by molar-refractivity contribution is -0.138. The Morgan fingerprint density at radius 2 is 1.53 bits per heavy atom. The zero-order chi connectivity index (χ0) is 22.1. The second kappa shape index (κ2) is 8.98. The van der Waals surface area contributed by atoms with Crippen LogP contribution < -0.4 is 0 Å². The Hall–Kier alpha value is -2.80. The average Bonchev–Trinajstić information content (AvgIpc) is 3.28. The Labute approximate surface area is 190 Å². The fourth-order valence-corrected chi connectivity index (χ4v) is 5.91. The van der Waals surface area contributed by atoms with E-state index in [1.165, 1.54) is 34.0 Å². The van der Waals surface area contributed by atoms with Crippen LogP contribution in [0.25, 0.3) is 10.2 Å². The molecule has 32 heavy (non-hydrogen) atoms. The van der Waals surface area contributed by atoms with Gasteiger partial charge in [0.15, 0.2) is 0 Å². The third-order valence-corrected chi connectivity index (χ3v) is 7.89. The van der Waals surface area contributed by atoms with Gasteiger partial charge < -0.3 is 9.80 Å². The molecule has 0 radical (unpaired) electrons. The molecule has 0 unspecified atom stereocenters. The van der Waals surface area contributed by atoms with Gasteiger partial charge in [0.2, 0.25) is 5.91 Å². The summed E-state index contributed by atoms with van der Waals surface area (Å²) in [6.45, 7) is 2.67. The number of amides is 2. The fourth-order valence-electron chi connectivity index (χ4n) is 4.77. The van der Waals surface area contributed by atoms with E-state index in [9.17, 15) is 14.0 Å². The number of halogens is 1. The van der Waals surface area contributed by atoms with Crippen LogP contribution in [0.3, 0.4) is 0 Å². The molecule has 3 aromatic rings. The van der Waals surface area contributed by atoms with Crippen molar-refractivity contribution in [2.75, 3.05) is 26.2 Å². The quantitative estimate of drug-likeness (QED) is 0.580. The zero-order valence-corrected chi connectivity index (χ0v) is 18.7. The lowest BCUT2D eigenvalue weighted by Gasteiger charge is -2.37. The smallest absolute Gasteiger partial charge is 0.253 e. The molecule has 0 N–H and O–H groups in total. The first kappa shape index (κ1) is 21.1. The molecule has 7 heteroatoms. The van der Waals surface area contributed by atoms with Gasteiger partial charge in [0.05, 0.1) is 15.2 Å². The van der Waals surface area contributed by atoms with Gasteiger partial charge in [0.25, 0.3) is 5.91 Å². The normalized spacial score (nSPS) is 18.3. The molecule has 5 rings (SSSR count). The minimum atomic E-state index is -0.349. The number of thiazole rings is 1. The maximum absolute atomic E-state index is 13.1. The van der Waals surface area contributed by atoms with Crippen molar-refractivity contribution in [3.63, 3.8) is 0 Å². The Balaban J connectivity index is 1.13. The van der Waals surface area contributed by atoms with Gasteiger partial charge in [-0.3, -0.25) is 9.59 Å². The summed E-state index contributed by atoms with van der Waals surface area (Å²) < 4.78 is 14.3. The number of carbonyl (C=O) groups is 2. The third kappa shape index (κ3) is 4.26. The van der Waals surface area contributed by atoms with Crippen LogP contribution in [0.4, 0.5) is 4.39 Å². The Morgan fingerprint density at radius 3 is 2.22 bits per heavy atom. The lowest BCUT2D eigenvalue weighted by Crippen LogP contribution is -2.46. The molecule has 2 aliphatic rings. The highest BCUT2D eigenvalue weighted by Crippen LogP contribution is 2.34. The number of piperidine rings is 2. The van der Waals surface area contributed by atoms with Gasteiger partial charge in [0.1, 0.15) is 5.82 Å². The molecule has 3 heterocycles. The zero-order valence-electron chi connectivity index (χ0n) is 17.9. The number of fused-ring (bicyclic) bond motifs is 1. The number of benzene rings is 2. The van der Waals surface area contributed by atoms with Crippen molar-refractivity contribution in [1.82, 2.24) is 14.8 Å². The molecule has 0 bridgehead atoms. The molecule has 2 amide bonds. The first-order valence-electron chi connectivity index (χ1n) is 11.3. The van der Waals surface area contributed by atoms with Crippen LogP contribution in [0.2, 0.25) is 0 Å². The largest absolute Gasteiger partial charge is 0.342 e. The third-order valence-electron chi connectivity index (χ3n) is 6.69. The molecule has 2 aliphatic heterocycles. The minimum absolute atomic E-state index is 0.0220. The van der Waals surface area contributed by atoms with Crippen molar-refractivity contribution in [2.45, 2.75) is 31.6 Å². The molecule has 0 spiro atoms. The first-order valence-corrected chi connectivity index (χ1v) is 12.1. The summed E-state index contributed by atoms with van der Waals surface area (Å²) in [6, 6.07) is 13.9. The van der Waals surface area contributed by atoms with Crippen LogP contribution in [0.5, 0.6) is 0 Å². The van der Waals surface area contributed by atoms with Crippen molar-refractivity contribution in [2.24, 2.45) is 5.92 Å². The van der Waals surface area contributed by atoms with Crippen molar-refractivity contribution < 1.29 is 14.0 Å². The monoisotopic (exact) mass is 451 g/mol.